The number of aliphatic hydroxyl groups excluding tert-OH is 1. The van der Waals surface area contributed by atoms with Gasteiger partial charge in [-0.3, -0.25) is 0 Å². The Hall–Kier alpha value is -0.320. The second-order valence-electron chi connectivity index (χ2n) is 2.71. The lowest BCUT2D eigenvalue weighted by Gasteiger charge is -2.08. The van der Waals surface area contributed by atoms with Crippen LogP contribution in [-0.2, 0) is 0 Å². The number of hydrogen-bond acceptors (Lipinski definition) is 3. The van der Waals surface area contributed by atoms with Crippen molar-refractivity contribution in [1.29, 1.82) is 0 Å². The van der Waals surface area contributed by atoms with Gasteiger partial charge in [0, 0.05) is 17.2 Å². The van der Waals surface area contributed by atoms with Gasteiger partial charge in [-0.25, -0.2) is 4.98 Å². The molecule has 0 aliphatic rings. The number of aromatic nitrogens is 1. The maximum Gasteiger partial charge on any atom is 0.144 e. The molecule has 1 aromatic heterocycles. The van der Waals surface area contributed by atoms with Crippen molar-refractivity contribution in [2.24, 2.45) is 0 Å². The van der Waals surface area contributed by atoms with Gasteiger partial charge in [-0.1, -0.05) is 11.6 Å². The Morgan fingerprint density at radius 3 is 3.00 bits per heavy atom. The molecule has 0 aliphatic heterocycles. The van der Waals surface area contributed by atoms with E-state index in [9.17, 15) is 0 Å². The van der Waals surface area contributed by atoms with Gasteiger partial charge in [-0.05, 0) is 28.9 Å². The molecule has 1 rings (SSSR count). The summed E-state index contributed by atoms with van der Waals surface area (Å²) in [5.74, 6) is 0.589. The zero-order chi connectivity index (χ0) is 9.84. The number of pyridine rings is 1. The van der Waals surface area contributed by atoms with Gasteiger partial charge >= 0.3 is 0 Å². The summed E-state index contributed by atoms with van der Waals surface area (Å²) in [6.45, 7) is 2.13. The standard InChI is InChI=1S/C8H10BrClN2O/c1-5(13)3-11-8-7(10)2-6(9)4-12-8/h2,4-5,13H,3H2,1H3,(H,11,12)/t5-/m0/s1. The van der Waals surface area contributed by atoms with Gasteiger partial charge in [-0.2, -0.15) is 0 Å². The zero-order valence-electron chi connectivity index (χ0n) is 7.09. The summed E-state index contributed by atoms with van der Waals surface area (Å²) in [5, 5.41) is 12.5. The van der Waals surface area contributed by atoms with Gasteiger partial charge < -0.3 is 10.4 Å². The highest BCUT2D eigenvalue weighted by atomic mass is 79.9. The molecule has 0 unspecified atom stereocenters. The quantitative estimate of drug-likeness (QED) is 0.881. The Labute approximate surface area is 90.3 Å². The predicted octanol–water partition coefficient (Wildman–Crippen LogP) is 2.29. The first-order chi connectivity index (χ1) is 6.09. The number of anilines is 1. The maximum atomic E-state index is 9.02. The Morgan fingerprint density at radius 2 is 2.46 bits per heavy atom. The number of hydrogen-bond donors (Lipinski definition) is 2. The smallest absolute Gasteiger partial charge is 0.144 e. The predicted molar refractivity (Wildman–Crippen MR) is 57.1 cm³/mol. The van der Waals surface area contributed by atoms with Gasteiger partial charge in [0.25, 0.3) is 0 Å². The summed E-state index contributed by atoms with van der Waals surface area (Å²) >= 11 is 9.13. The largest absolute Gasteiger partial charge is 0.392 e. The van der Waals surface area contributed by atoms with E-state index in [1.165, 1.54) is 0 Å². The van der Waals surface area contributed by atoms with E-state index in [-0.39, 0.29) is 0 Å². The van der Waals surface area contributed by atoms with E-state index in [0.29, 0.717) is 17.4 Å². The second-order valence-corrected chi connectivity index (χ2v) is 4.04. The summed E-state index contributed by atoms with van der Waals surface area (Å²) < 4.78 is 0.833. The Bertz CT molecular complexity index is 293. The van der Waals surface area contributed by atoms with Crippen molar-refractivity contribution in [3.8, 4) is 0 Å². The van der Waals surface area contributed by atoms with Crippen LogP contribution in [0, 0.1) is 0 Å². The van der Waals surface area contributed by atoms with Gasteiger partial charge in [0.1, 0.15) is 5.82 Å². The number of rotatable bonds is 3. The molecule has 0 bridgehead atoms. The van der Waals surface area contributed by atoms with E-state index in [1.807, 2.05) is 0 Å². The molecule has 3 nitrogen and oxygen atoms in total. The van der Waals surface area contributed by atoms with Crippen LogP contribution >= 0.6 is 27.5 Å². The lowest BCUT2D eigenvalue weighted by Crippen LogP contribution is -2.16. The van der Waals surface area contributed by atoms with E-state index in [0.717, 1.165) is 4.47 Å². The molecule has 0 saturated carbocycles. The van der Waals surface area contributed by atoms with Crippen LogP contribution in [0.1, 0.15) is 6.92 Å². The highest BCUT2D eigenvalue weighted by Gasteiger charge is 2.02. The van der Waals surface area contributed by atoms with Gasteiger partial charge in [-0.15, -0.1) is 0 Å². The molecule has 0 amide bonds. The highest BCUT2D eigenvalue weighted by molar-refractivity contribution is 9.10. The Balaban J connectivity index is 2.67. The molecular formula is C8H10BrClN2O. The minimum atomic E-state index is -0.415. The fraction of sp³-hybridized carbons (Fsp3) is 0.375. The SMILES string of the molecule is C[C@H](O)CNc1ncc(Br)cc1Cl. The molecule has 2 N–H and O–H groups in total. The highest BCUT2D eigenvalue weighted by Crippen LogP contribution is 2.22. The van der Waals surface area contributed by atoms with Crippen LogP contribution in [0.3, 0.4) is 0 Å². The van der Waals surface area contributed by atoms with Crippen molar-refractivity contribution < 1.29 is 5.11 Å². The van der Waals surface area contributed by atoms with Crippen LogP contribution in [0.25, 0.3) is 0 Å². The maximum absolute atomic E-state index is 9.02. The lowest BCUT2D eigenvalue weighted by atomic mass is 10.4. The van der Waals surface area contributed by atoms with E-state index >= 15 is 0 Å². The topological polar surface area (TPSA) is 45.1 Å². The van der Waals surface area contributed by atoms with Gasteiger partial charge in [0.15, 0.2) is 0 Å². The summed E-state index contributed by atoms with van der Waals surface area (Å²) in [4.78, 5) is 4.05. The molecule has 0 aliphatic carbocycles. The fourth-order valence-corrected chi connectivity index (χ4v) is 1.49. The molecule has 72 valence electrons. The molecule has 0 fully saturated rings. The normalized spacial score (nSPS) is 12.6. The van der Waals surface area contributed by atoms with Gasteiger partial charge in [0.2, 0.25) is 0 Å². The van der Waals surface area contributed by atoms with E-state index in [4.69, 9.17) is 16.7 Å². The third kappa shape index (κ3) is 3.50. The summed E-state index contributed by atoms with van der Waals surface area (Å²) in [6, 6.07) is 1.75. The fourth-order valence-electron chi connectivity index (χ4n) is 0.789. The minimum Gasteiger partial charge on any atom is -0.392 e. The van der Waals surface area contributed by atoms with Crippen LogP contribution in [-0.4, -0.2) is 22.7 Å². The van der Waals surface area contributed by atoms with E-state index in [1.54, 1.807) is 19.2 Å². The van der Waals surface area contributed by atoms with E-state index < -0.39 is 6.10 Å². The summed E-state index contributed by atoms with van der Waals surface area (Å²) in [5.41, 5.74) is 0. The summed E-state index contributed by atoms with van der Waals surface area (Å²) in [6.07, 6.45) is 1.23. The first-order valence-corrected chi connectivity index (χ1v) is 4.99. The monoisotopic (exact) mass is 264 g/mol. The number of aliphatic hydroxyl groups is 1. The van der Waals surface area contributed by atoms with Crippen molar-refractivity contribution in [2.45, 2.75) is 13.0 Å². The number of halogens is 2. The van der Waals surface area contributed by atoms with Crippen molar-refractivity contribution in [2.75, 3.05) is 11.9 Å². The molecular weight excluding hydrogens is 255 g/mol. The minimum absolute atomic E-state index is 0.415. The third-order valence-electron chi connectivity index (χ3n) is 1.37. The first kappa shape index (κ1) is 10.8. The third-order valence-corrected chi connectivity index (χ3v) is 2.09. The van der Waals surface area contributed by atoms with Crippen molar-refractivity contribution >= 4 is 33.3 Å². The molecule has 0 saturated heterocycles. The number of nitrogens with zero attached hydrogens (tertiary/aromatic N) is 1. The van der Waals surface area contributed by atoms with Gasteiger partial charge in [0.05, 0.1) is 11.1 Å². The van der Waals surface area contributed by atoms with Crippen LogP contribution in [0.5, 0.6) is 0 Å². The first-order valence-electron chi connectivity index (χ1n) is 3.82. The van der Waals surface area contributed by atoms with Crippen molar-refractivity contribution in [3.63, 3.8) is 0 Å². The molecule has 13 heavy (non-hydrogen) atoms. The average molecular weight is 266 g/mol. The second kappa shape index (κ2) is 4.79. The summed E-state index contributed by atoms with van der Waals surface area (Å²) in [7, 11) is 0. The molecule has 1 aromatic rings. The molecule has 5 heteroatoms. The molecule has 0 radical (unpaired) electrons. The molecule has 0 aromatic carbocycles. The van der Waals surface area contributed by atoms with Crippen LogP contribution in [0.4, 0.5) is 5.82 Å². The zero-order valence-corrected chi connectivity index (χ0v) is 9.43. The molecule has 1 heterocycles. The van der Waals surface area contributed by atoms with Crippen molar-refractivity contribution in [3.05, 3.63) is 21.8 Å². The van der Waals surface area contributed by atoms with E-state index in [2.05, 4.69) is 26.2 Å². The van der Waals surface area contributed by atoms with Crippen molar-refractivity contribution in [1.82, 2.24) is 4.98 Å². The molecule has 1 atom stereocenters. The van der Waals surface area contributed by atoms with Crippen LogP contribution in [0.15, 0.2) is 16.7 Å². The Kier molecular flexibility index (Phi) is 3.96. The van der Waals surface area contributed by atoms with Crippen LogP contribution in [0.2, 0.25) is 5.02 Å². The Morgan fingerprint density at radius 1 is 1.77 bits per heavy atom. The average Bonchev–Trinajstić information content (AvgIpc) is 2.02. The number of nitrogens with one attached hydrogen (secondary N) is 1. The molecule has 0 spiro atoms. The van der Waals surface area contributed by atoms with Crippen LogP contribution < -0.4 is 5.32 Å². The lowest BCUT2D eigenvalue weighted by molar-refractivity contribution is 0.208.